The van der Waals surface area contributed by atoms with Crippen LogP contribution in [0.1, 0.15) is 30.4 Å². The van der Waals surface area contributed by atoms with Gasteiger partial charge < -0.3 is 30.2 Å². The molecule has 49 heavy (non-hydrogen) atoms. The third-order valence-electron chi connectivity index (χ3n) is 7.03. The predicted molar refractivity (Wildman–Crippen MR) is 182 cm³/mol. The lowest BCUT2D eigenvalue weighted by Crippen LogP contribution is -2.30. The van der Waals surface area contributed by atoms with Gasteiger partial charge in [-0.15, -0.1) is 11.3 Å². The zero-order valence-corrected chi connectivity index (χ0v) is 28.8. The number of hydrogen-bond acceptors (Lipinski definition) is 12. The number of nitrogens with two attached hydrogens (primary N) is 2. The standard InChI is InChI=1S/C32H35F2N6O6PS2/c33-29-18-27(6-4-23(29)20-37)45-47(41,46-28-7-5-24(21-38)30(34)19-28)22-39-49(42,43)32-17-25-16-26(8-9-31(25)48-32)44-15-3-14-40(12-1-10-35)13-2-11-36/h4-9,16-19,39H,1-3,10-15,22,35-36H2. The van der Waals surface area contributed by atoms with Crippen molar-refractivity contribution in [2.24, 2.45) is 11.5 Å². The van der Waals surface area contributed by atoms with Gasteiger partial charge in [-0.2, -0.15) is 15.2 Å². The van der Waals surface area contributed by atoms with E-state index in [1.54, 1.807) is 30.3 Å². The van der Waals surface area contributed by atoms with Crippen LogP contribution in [0.4, 0.5) is 8.78 Å². The molecule has 0 saturated heterocycles. The highest BCUT2D eigenvalue weighted by Crippen LogP contribution is 2.48. The van der Waals surface area contributed by atoms with Gasteiger partial charge in [0, 0.05) is 23.4 Å². The Balaban J connectivity index is 1.47. The minimum Gasteiger partial charge on any atom is -0.494 e. The average molecular weight is 733 g/mol. The lowest BCUT2D eigenvalue weighted by atomic mass is 10.2. The average Bonchev–Trinajstić information content (AvgIpc) is 3.52. The van der Waals surface area contributed by atoms with Crippen molar-refractivity contribution in [3.05, 3.63) is 83.4 Å². The third-order valence-corrected chi connectivity index (χ3v) is 11.8. The molecule has 0 bridgehead atoms. The number of nitriles is 2. The van der Waals surface area contributed by atoms with Crippen LogP contribution in [0.25, 0.3) is 10.1 Å². The number of ether oxygens (including phenoxy) is 1. The predicted octanol–water partition coefficient (Wildman–Crippen LogP) is 5.28. The largest absolute Gasteiger partial charge is 0.494 e. The molecule has 1 heterocycles. The lowest BCUT2D eigenvalue weighted by molar-refractivity contribution is 0.232. The van der Waals surface area contributed by atoms with Gasteiger partial charge in [-0.1, -0.05) is 0 Å². The summed E-state index contributed by atoms with van der Waals surface area (Å²) in [7, 11) is -8.86. The number of hydrogen-bond donors (Lipinski definition) is 3. The fourth-order valence-electron chi connectivity index (χ4n) is 4.59. The molecule has 17 heteroatoms. The fraction of sp³-hybridized carbons (Fsp3) is 0.312. The molecule has 3 aromatic carbocycles. The quantitative estimate of drug-likeness (QED) is 0.0839. The topological polar surface area (TPSA) is 194 Å². The Bertz CT molecular complexity index is 1920. The highest BCUT2D eigenvalue weighted by atomic mass is 32.2. The van der Waals surface area contributed by atoms with Gasteiger partial charge >= 0.3 is 7.60 Å². The second-order valence-corrected chi connectivity index (χ2v) is 15.7. The van der Waals surface area contributed by atoms with Gasteiger partial charge in [0.05, 0.1) is 17.7 Å². The summed E-state index contributed by atoms with van der Waals surface area (Å²) in [5, 5.41) is 18.6. The van der Waals surface area contributed by atoms with Crippen LogP contribution in [0.15, 0.2) is 64.9 Å². The van der Waals surface area contributed by atoms with Gasteiger partial charge in [-0.25, -0.2) is 21.8 Å². The maximum absolute atomic E-state index is 14.3. The van der Waals surface area contributed by atoms with Crippen molar-refractivity contribution in [3.63, 3.8) is 0 Å². The molecular formula is C32H35F2N6O6PS2. The van der Waals surface area contributed by atoms with Crippen molar-refractivity contribution < 1.29 is 35.5 Å². The molecule has 4 aromatic rings. The van der Waals surface area contributed by atoms with E-state index in [9.17, 15) is 21.8 Å². The summed E-state index contributed by atoms with van der Waals surface area (Å²) in [5.74, 6) is -2.05. The van der Waals surface area contributed by atoms with Crippen LogP contribution in [0.3, 0.4) is 0 Å². The molecule has 0 aliphatic heterocycles. The van der Waals surface area contributed by atoms with Crippen molar-refractivity contribution in [2.45, 2.75) is 23.5 Å². The van der Waals surface area contributed by atoms with Crippen LogP contribution in [-0.2, 0) is 14.6 Å². The van der Waals surface area contributed by atoms with Crippen LogP contribution in [0.5, 0.6) is 17.2 Å². The molecule has 0 saturated carbocycles. The number of nitrogens with one attached hydrogen (secondary N) is 1. The minimum atomic E-state index is -4.57. The van der Waals surface area contributed by atoms with Gasteiger partial charge in [0.2, 0.25) is 0 Å². The second-order valence-electron chi connectivity index (χ2n) is 10.7. The SMILES string of the molecule is N#Cc1ccc(OP(=O)(CNS(=O)(=O)c2cc3cc(OCCCN(CCCN)CCCN)ccc3s2)Oc2ccc(C#N)c(F)c2)cc1F. The van der Waals surface area contributed by atoms with Crippen molar-refractivity contribution in [3.8, 4) is 29.4 Å². The van der Waals surface area contributed by atoms with Gasteiger partial charge in [0.15, 0.2) is 0 Å². The summed E-state index contributed by atoms with van der Waals surface area (Å²) in [6.07, 6.45) is 1.63. The van der Waals surface area contributed by atoms with Crippen LogP contribution < -0.4 is 30.0 Å². The number of benzene rings is 3. The van der Waals surface area contributed by atoms with E-state index < -0.39 is 35.5 Å². The first kappa shape index (κ1) is 37.7. The number of nitrogens with zero attached hydrogens (tertiary/aromatic N) is 3. The maximum atomic E-state index is 14.3. The zero-order valence-electron chi connectivity index (χ0n) is 26.3. The number of sulfonamides is 1. The summed E-state index contributed by atoms with van der Waals surface area (Å²) < 4.78 is 88.7. The molecule has 260 valence electrons. The monoisotopic (exact) mass is 732 g/mol. The number of thiophene rings is 1. The van der Waals surface area contributed by atoms with E-state index in [1.165, 1.54) is 6.07 Å². The molecule has 0 atom stereocenters. The van der Waals surface area contributed by atoms with E-state index in [-0.39, 0.29) is 26.8 Å². The molecule has 4 rings (SSSR count). The molecule has 12 nitrogen and oxygen atoms in total. The van der Waals surface area contributed by atoms with E-state index in [0.29, 0.717) is 35.5 Å². The number of fused-ring (bicyclic) bond motifs is 1. The Labute approximate surface area is 287 Å². The van der Waals surface area contributed by atoms with Crippen molar-refractivity contribution in [1.29, 1.82) is 10.5 Å². The Morgan fingerprint density at radius 2 is 1.37 bits per heavy atom. The van der Waals surface area contributed by atoms with Gasteiger partial charge in [-0.05, 0) is 99.4 Å². The summed E-state index contributed by atoms with van der Waals surface area (Å²) in [4.78, 5) is 2.30. The van der Waals surface area contributed by atoms with E-state index in [0.717, 1.165) is 86.6 Å². The minimum absolute atomic E-state index is 0.101. The Hall–Kier alpha value is -4.12. The summed E-state index contributed by atoms with van der Waals surface area (Å²) in [6, 6.07) is 16.0. The fourth-order valence-corrected chi connectivity index (χ4v) is 9.02. The first-order valence-electron chi connectivity index (χ1n) is 15.2. The molecule has 0 unspecified atom stereocenters. The van der Waals surface area contributed by atoms with E-state index in [1.807, 2.05) is 0 Å². The summed E-state index contributed by atoms with van der Waals surface area (Å²) in [6.45, 7) is 4.28. The smallest absolute Gasteiger partial charge is 0.445 e. The van der Waals surface area contributed by atoms with Gasteiger partial charge in [-0.3, -0.25) is 0 Å². The molecule has 5 N–H and O–H groups in total. The molecule has 0 radical (unpaired) electrons. The zero-order chi connectivity index (χ0) is 35.4. The maximum Gasteiger partial charge on any atom is 0.445 e. The first-order valence-corrected chi connectivity index (χ1v) is 19.2. The molecule has 0 fully saturated rings. The highest BCUT2D eigenvalue weighted by Gasteiger charge is 2.32. The van der Waals surface area contributed by atoms with Gasteiger partial charge in [0.25, 0.3) is 10.0 Å². The highest BCUT2D eigenvalue weighted by molar-refractivity contribution is 7.92. The number of halogens is 2. The van der Waals surface area contributed by atoms with Crippen LogP contribution in [0, 0.1) is 34.3 Å². The Morgan fingerprint density at radius 1 is 0.816 bits per heavy atom. The Morgan fingerprint density at radius 3 is 1.90 bits per heavy atom. The molecule has 0 aliphatic rings. The number of rotatable bonds is 19. The van der Waals surface area contributed by atoms with Crippen molar-refractivity contribution >= 4 is 39.0 Å². The molecule has 0 amide bonds. The van der Waals surface area contributed by atoms with Crippen LogP contribution in [-0.4, -0.2) is 58.9 Å². The molecule has 0 spiro atoms. The summed E-state index contributed by atoms with van der Waals surface area (Å²) in [5.41, 5.74) is 10.7. The third kappa shape index (κ3) is 10.7. The van der Waals surface area contributed by atoms with Crippen LogP contribution in [0.2, 0.25) is 0 Å². The van der Waals surface area contributed by atoms with E-state index in [2.05, 4.69) is 9.62 Å². The lowest BCUT2D eigenvalue weighted by Gasteiger charge is -2.21. The van der Waals surface area contributed by atoms with Crippen molar-refractivity contribution in [1.82, 2.24) is 9.62 Å². The van der Waals surface area contributed by atoms with Crippen molar-refractivity contribution in [2.75, 3.05) is 45.6 Å². The normalized spacial score (nSPS) is 11.7. The van der Waals surface area contributed by atoms with E-state index in [4.69, 9.17) is 35.8 Å². The van der Waals surface area contributed by atoms with E-state index >= 15 is 0 Å². The molecule has 0 aliphatic carbocycles. The van der Waals surface area contributed by atoms with Gasteiger partial charge in [0.1, 0.15) is 51.5 Å². The summed E-state index contributed by atoms with van der Waals surface area (Å²) >= 11 is 0.966. The molecule has 1 aromatic heterocycles. The Kier molecular flexibility index (Phi) is 13.5. The first-order chi connectivity index (χ1) is 23.5. The second kappa shape index (κ2) is 17.5. The van der Waals surface area contributed by atoms with Crippen LogP contribution >= 0.6 is 18.9 Å². The molecular weight excluding hydrogens is 697 g/mol.